The lowest BCUT2D eigenvalue weighted by Gasteiger charge is -2.19. The number of quaternary nitrogens is 2. The maximum atomic E-state index is 13.2. The normalized spacial score (nSPS) is 15.3. The van der Waals surface area contributed by atoms with Crippen LogP contribution in [0.4, 0.5) is 5.69 Å². The average molecular weight is 487 g/mol. The zero-order chi connectivity index (χ0) is 25.5. The zero-order valence-electron chi connectivity index (χ0n) is 20.9. The number of benzene rings is 1. The number of nitrogens with two attached hydrogens (primary N) is 1. The summed E-state index contributed by atoms with van der Waals surface area (Å²) in [4.78, 5) is 24.0. The van der Waals surface area contributed by atoms with E-state index in [1.165, 1.54) is 0 Å². The first-order valence-electron chi connectivity index (χ1n) is 11.9. The molecule has 0 spiro atoms. The molecule has 0 heterocycles. The van der Waals surface area contributed by atoms with Crippen molar-refractivity contribution in [3.05, 3.63) is 45.6 Å². The van der Waals surface area contributed by atoms with Crippen LogP contribution in [0.15, 0.2) is 29.1 Å². The minimum atomic E-state index is -1.14. The van der Waals surface area contributed by atoms with Crippen molar-refractivity contribution >= 4 is 11.7 Å². The van der Waals surface area contributed by atoms with Crippen LogP contribution in [-0.2, 0) is 11.2 Å². The number of methoxy groups -OCH3 is 3. The van der Waals surface area contributed by atoms with Crippen molar-refractivity contribution < 1.29 is 35.2 Å². The van der Waals surface area contributed by atoms with Gasteiger partial charge in [-0.3, -0.25) is 4.79 Å². The maximum absolute atomic E-state index is 13.2. The Hall–Kier alpha value is -3.30. The van der Waals surface area contributed by atoms with Crippen LogP contribution in [0.25, 0.3) is 11.1 Å². The van der Waals surface area contributed by atoms with Crippen molar-refractivity contribution in [3.63, 3.8) is 0 Å². The number of hydrogen-bond donors (Lipinski definition) is 3. The number of carboxylic acid groups (broad SMARTS) is 1. The van der Waals surface area contributed by atoms with Gasteiger partial charge < -0.3 is 40.5 Å². The second kappa shape index (κ2) is 11.9. The highest BCUT2D eigenvalue weighted by Gasteiger charge is 2.29. The van der Waals surface area contributed by atoms with Gasteiger partial charge >= 0.3 is 0 Å². The molecular weight excluding hydrogens is 450 g/mol. The van der Waals surface area contributed by atoms with Crippen LogP contribution < -0.4 is 41.1 Å². The van der Waals surface area contributed by atoms with Crippen molar-refractivity contribution in [3.8, 4) is 28.4 Å². The third-order valence-electron chi connectivity index (χ3n) is 6.62. The predicted octanol–water partition coefficient (Wildman–Crippen LogP) is -0.137. The number of aryl methyl sites for hydroxylation is 1. The SMILES string of the molecule is C[NH2+][C@@H]1CCc2cc(OC)c(OC)c(OC)c2-c2ccc(NCCCC[C@H]([NH3+])C(=O)[O-])c(=O)cc21. The van der Waals surface area contributed by atoms with E-state index in [1.807, 2.05) is 25.2 Å². The number of hydrogen-bond acceptors (Lipinski definition) is 7. The van der Waals surface area contributed by atoms with Crippen LogP contribution in [0, 0.1) is 0 Å². The molecule has 9 nitrogen and oxygen atoms in total. The Morgan fingerprint density at radius 3 is 2.54 bits per heavy atom. The summed E-state index contributed by atoms with van der Waals surface area (Å²) in [5.74, 6) is 0.581. The lowest BCUT2D eigenvalue weighted by Crippen LogP contribution is -2.81. The Morgan fingerprint density at radius 2 is 1.91 bits per heavy atom. The summed E-state index contributed by atoms with van der Waals surface area (Å²) >= 11 is 0. The summed E-state index contributed by atoms with van der Waals surface area (Å²) < 4.78 is 17.0. The van der Waals surface area contributed by atoms with Crippen LogP contribution in [0.1, 0.15) is 42.9 Å². The Labute approximate surface area is 205 Å². The Morgan fingerprint density at radius 1 is 1.17 bits per heavy atom. The number of aliphatic carboxylic acids is 1. The first-order valence-corrected chi connectivity index (χ1v) is 11.9. The van der Waals surface area contributed by atoms with Crippen LogP contribution in [0.2, 0.25) is 0 Å². The van der Waals surface area contributed by atoms with Gasteiger partial charge in [0.1, 0.15) is 12.1 Å². The fourth-order valence-electron chi connectivity index (χ4n) is 4.69. The van der Waals surface area contributed by atoms with Gasteiger partial charge in [-0.2, -0.15) is 0 Å². The highest BCUT2D eigenvalue weighted by Crippen LogP contribution is 2.49. The van der Waals surface area contributed by atoms with E-state index in [-0.39, 0.29) is 11.5 Å². The molecule has 35 heavy (non-hydrogen) atoms. The van der Waals surface area contributed by atoms with Crippen LogP contribution in [0.5, 0.6) is 17.2 Å². The molecule has 3 rings (SSSR count). The summed E-state index contributed by atoms with van der Waals surface area (Å²) in [5, 5.41) is 16.2. The highest BCUT2D eigenvalue weighted by molar-refractivity contribution is 5.82. The van der Waals surface area contributed by atoms with E-state index < -0.39 is 12.0 Å². The number of anilines is 1. The largest absolute Gasteiger partial charge is 0.544 e. The van der Waals surface area contributed by atoms with Crippen molar-refractivity contribution in [2.24, 2.45) is 0 Å². The molecule has 1 aliphatic rings. The lowest BCUT2D eigenvalue weighted by molar-refractivity contribution is -0.670. The standard InChI is InChI=1S/C26H35N3O6/c1-28-19-10-8-15-13-22(33-2)24(34-3)25(35-4)23(15)16-9-11-20(21(30)14-17(16)19)29-12-6-5-7-18(27)26(31)32/h9,11,13-14,18-19,28H,5-8,10,12,27H2,1-4H3,(H,29,30)(H,31,32)/p+1/t18-,19+/m0/s1. The Balaban J connectivity index is 2.01. The van der Waals surface area contributed by atoms with Gasteiger partial charge in [0.2, 0.25) is 11.2 Å². The molecule has 9 heteroatoms. The molecular formula is C26H36N3O6+. The van der Waals surface area contributed by atoms with Crippen LogP contribution in [0.3, 0.4) is 0 Å². The van der Waals surface area contributed by atoms with E-state index in [2.05, 4.69) is 16.4 Å². The fourth-order valence-corrected chi connectivity index (χ4v) is 4.69. The van der Waals surface area contributed by atoms with Crippen molar-refractivity contribution in [1.82, 2.24) is 0 Å². The topological polar surface area (TPSA) is 141 Å². The molecule has 6 N–H and O–H groups in total. The van der Waals surface area contributed by atoms with Crippen LogP contribution in [-0.4, -0.2) is 46.9 Å². The van der Waals surface area contributed by atoms with Gasteiger partial charge in [-0.15, -0.1) is 0 Å². The second-order valence-electron chi connectivity index (χ2n) is 8.72. The molecule has 0 fully saturated rings. The number of carboxylic acids is 1. The number of carbonyl (C=O) groups is 1. The maximum Gasteiger partial charge on any atom is 0.203 e. The molecule has 0 radical (unpaired) electrons. The molecule has 0 saturated carbocycles. The van der Waals surface area contributed by atoms with Gasteiger partial charge in [-0.25, -0.2) is 0 Å². The molecule has 0 aromatic heterocycles. The summed E-state index contributed by atoms with van der Waals surface area (Å²) in [6.45, 7) is 0.554. The van der Waals surface area contributed by atoms with Gasteiger partial charge in [0.05, 0.1) is 40.0 Å². The molecule has 0 unspecified atom stereocenters. The van der Waals surface area contributed by atoms with E-state index in [0.29, 0.717) is 42.3 Å². The molecule has 1 aliphatic carbocycles. The minimum Gasteiger partial charge on any atom is -0.544 e. The summed E-state index contributed by atoms with van der Waals surface area (Å²) in [6.07, 6.45) is 3.50. The van der Waals surface area contributed by atoms with Gasteiger partial charge in [-0.1, -0.05) is 6.07 Å². The van der Waals surface area contributed by atoms with Crippen LogP contribution >= 0.6 is 0 Å². The van der Waals surface area contributed by atoms with E-state index >= 15 is 0 Å². The zero-order valence-corrected chi connectivity index (χ0v) is 20.9. The molecule has 2 atom stereocenters. The summed E-state index contributed by atoms with van der Waals surface area (Å²) in [7, 11) is 6.81. The van der Waals surface area contributed by atoms with E-state index in [0.717, 1.165) is 41.5 Å². The smallest absolute Gasteiger partial charge is 0.203 e. The number of fused-ring (bicyclic) bond motifs is 3. The molecule has 0 saturated heterocycles. The quantitative estimate of drug-likeness (QED) is 0.376. The van der Waals surface area contributed by atoms with Gasteiger partial charge in [0.15, 0.2) is 11.5 Å². The van der Waals surface area contributed by atoms with Gasteiger partial charge in [0.25, 0.3) is 0 Å². The molecule has 0 aliphatic heterocycles. The molecule has 190 valence electrons. The monoisotopic (exact) mass is 486 g/mol. The van der Waals surface area contributed by atoms with E-state index in [4.69, 9.17) is 14.2 Å². The number of ether oxygens (including phenoxy) is 3. The van der Waals surface area contributed by atoms with E-state index in [1.54, 1.807) is 27.4 Å². The third-order valence-corrected chi connectivity index (χ3v) is 6.62. The Kier molecular flexibility index (Phi) is 8.95. The van der Waals surface area contributed by atoms with Crippen molar-refractivity contribution in [1.29, 1.82) is 0 Å². The van der Waals surface area contributed by atoms with E-state index in [9.17, 15) is 14.7 Å². The lowest BCUT2D eigenvalue weighted by atomic mass is 9.95. The highest BCUT2D eigenvalue weighted by atomic mass is 16.5. The second-order valence-corrected chi connectivity index (χ2v) is 8.72. The molecule has 0 amide bonds. The average Bonchev–Trinajstić information content (AvgIpc) is 3.10. The number of unbranched alkanes of at least 4 members (excludes halogenated alkanes) is 1. The molecule has 2 aromatic carbocycles. The molecule has 0 bridgehead atoms. The summed E-state index contributed by atoms with van der Waals surface area (Å²) in [6, 6.07) is 6.87. The van der Waals surface area contributed by atoms with Gasteiger partial charge in [0, 0.05) is 30.5 Å². The predicted molar refractivity (Wildman–Crippen MR) is 131 cm³/mol. The third kappa shape index (κ3) is 5.68. The number of carbonyl (C=O) groups excluding carboxylic acids is 1. The van der Waals surface area contributed by atoms with Crippen molar-refractivity contribution in [2.45, 2.75) is 44.2 Å². The first-order chi connectivity index (χ1) is 16.9. The number of nitrogens with one attached hydrogen (secondary N) is 1. The minimum absolute atomic E-state index is 0.0919. The number of rotatable bonds is 11. The van der Waals surface area contributed by atoms with Crippen molar-refractivity contribution in [2.75, 3.05) is 40.2 Å². The Bertz CT molecular complexity index is 1120. The molecule has 2 aromatic rings. The fraction of sp³-hybridized carbons (Fsp3) is 0.462. The first kappa shape index (κ1) is 26.3. The van der Waals surface area contributed by atoms with Gasteiger partial charge in [-0.05, 0) is 48.6 Å². The summed E-state index contributed by atoms with van der Waals surface area (Å²) in [5.41, 5.74) is 7.85.